The van der Waals surface area contributed by atoms with Crippen LogP contribution >= 0.6 is 0 Å². The van der Waals surface area contributed by atoms with Crippen LogP contribution in [0.1, 0.15) is 33.6 Å². The van der Waals surface area contributed by atoms with Crippen molar-refractivity contribution in [1.29, 1.82) is 0 Å². The Hall–Kier alpha value is -1.30. The summed E-state index contributed by atoms with van der Waals surface area (Å²) in [6.07, 6.45) is 1.48. The Morgan fingerprint density at radius 3 is 2.50 bits per heavy atom. The van der Waals surface area contributed by atoms with Crippen LogP contribution in [0.25, 0.3) is 0 Å². The van der Waals surface area contributed by atoms with E-state index in [1.165, 1.54) is 0 Å². The second-order valence-corrected chi connectivity index (χ2v) is 6.90. The van der Waals surface area contributed by atoms with Gasteiger partial charge in [0.2, 0.25) is 0 Å². The van der Waals surface area contributed by atoms with Crippen LogP contribution in [0, 0.1) is 11.3 Å². The zero-order valence-corrected chi connectivity index (χ0v) is 12.9. The van der Waals surface area contributed by atoms with Gasteiger partial charge in [-0.15, -0.1) is 0 Å². The van der Waals surface area contributed by atoms with Crippen molar-refractivity contribution in [2.24, 2.45) is 11.3 Å². The zero-order chi connectivity index (χ0) is 15.3. The summed E-state index contributed by atoms with van der Waals surface area (Å²) in [5.74, 6) is -1.41. The summed E-state index contributed by atoms with van der Waals surface area (Å²) in [6.45, 7) is 7.98. The molecule has 0 spiro atoms. The Labute approximate surface area is 120 Å². The number of likely N-dealkylation sites (N-methyl/N-ethyl adjacent to an activating group) is 1. The summed E-state index contributed by atoms with van der Waals surface area (Å²) in [5, 5.41) is 14.8. The van der Waals surface area contributed by atoms with Crippen LogP contribution in [0.4, 0.5) is 4.79 Å². The third-order valence-corrected chi connectivity index (χ3v) is 3.44. The van der Waals surface area contributed by atoms with E-state index >= 15 is 0 Å². The van der Waals surface area contributed by atoms with Crippen LogP contribution < -0.4 is 10.6 Å². The van der Waals surface area contributed by atoms with Crippen LogP contribution in [0.15, 0.2) is 0 Å². The van der Waals surface area contributed by atoms with Crippen LogP contribution in [-0.4, -0.2) is 54.7 Å². The van der Waals surface area contributed by atoms with Gasteiger partial charge in [0.15, 0.2) is 0 Å². The molecule has 20 heavy (non-hydrogen) atoms. The van der Waals surface area contributed by atoms with Gasteiger partial charge in [0.05, 0.1) is 5.92 Å². The highest BCUT2D eigenvalue weighted by Crippen LogP contribution is 2.24. The Morgan fingerprint density at radius 1 is 1.40 bits per heavy atom. The number of likely N-dealkylation sites (tertiary alicyclic amines) is 1. The van der Waals surface area contributed by atoms with E-state index in [4.69, 9.17) is 0 Å². The van der Waals surface area contributed by atoms with E-state index in [-0.39, 0.29) is 24.0 Å². The molecule has 1 saturated heterocycles. The molecular weight excluding hydrogens is 258 g/mol. The SMILES string of the molecule is CN1CCC(NC(=O)NCC(CC(C)(C)C)C(=O)O)C1. The first-order valence-electron chi connectivity index (χ1n) is 7.13. The first kappa shape index (κ1) is 16.8. The molecule has 0 aliphatic carbocycles. The van der Waals surface area contributed by atoms with E-state index in [0.29, 0.717) is 6.42 Å². The highest BCUT2D eigenvalue weighted by atomic mass is 16.4. The summed E-state index contributed by atoms with van der Waals surface area (Å²) < 4.78 is 0. The summed E-state index contributed by atoms with van der Waals surface area (Å²) in [7, 11) is 2.02. The molecule has 3 N–H and O–H groups in total. The van der Waals surface area contributed by atoms with E-state index < -0.39 is 11.9 Å². The lowest BCUT2D eigenvalue weighted by Crippen LogP contribution is -2.45. The first-order chi connectivity index (χ1) is 9.17. The van der Waals surface area contributed by atoms with Crippen molar-refractivity contribution in [1.82, 2.24) is 15.5 Å². The van der Waals surface area contributed by atoms with Gasteiger partial charge in [-0.1, -0.05) is 20.8 Å². The molecule has 2 amide bonds. The molecule has 1 heterocycles. The number of hydrogen-bond donors (Lipinski definition) is 3. The normalized spacial score (nSPS) is 21.5. The summed E-state index contributed by atoms with van der Waals surface area (Å²) >= 11 is 0. The highest BCUT2D eigenvalue weighted by Gasteiger charge is 2.26. The number of carboxylic acid groups (broad SMARTS) is 1. The summed E-state index contributed by atoms with van der Waals surface area (Å²) in [4.78, 5) is 25.1. The van der Waals surface area contributed by atoms with Crippen molar-refractivity contribution in [3.8, 4) is 0 Å². The van der Waals surface area contributed by atoms with E-state index in [1.807, 2.05) is 27.8 Å². The van der Waals surface area contributed by atoms with E-state index in [1.54, 1.807) is 0 Å². The number of nitrogens with zero attached hydrogens (tertiary/aromatic N) is 1. The lowest BCUT2D eigenvalue weighted by molar-refractivity contribution is -0.142. The quantitative estimate of drug-likeness (QED) is 0.707. The molecule has 2 unspecified atom stereocenters. The second-order valence-electron chi connectivity index (χ2n) is 6.90. The van der Waals surface area contributed by atoms with Crippen molar-refractivity contribution in [3.63, 3.8) is 0 Å². The number of carboxylic acids is 1. The van der Waals surface area contributed by atoms with Gasteiger partial charge >= 0.3 is 12.0 Å². The predicted octanol–water partition coefficient (Wildman–Crippen LogP) is 1.13. The molecule has 1 aliphatic rings. The molecule has 0 aromatic heterocycles. The van der Waals surface area contributed by atoms with E-state index in [0.717, 1.165) is 19.5 Å². The maximum absolute atomic E-state index is 11.8. The fourth-order valence-electron chi connectivity index (χ4n) is 2.49. The molecule has 6 heteroatoms. The number of carbonyl (C=O) groups excluding carboxylic acids is 1. The third kappa shape index (κ3) is 6.23. The number of amides is 2. The number of rotatable bonds is 5. The number of nitrogens with one attached hydrogen (secondary N) is 2. The Morgan fingerprint density at radius 2 is 2.05 bits per heavy atom. The van der Waals surface area contributed by atoms with Gasteiger partial charge in [0, 0.05) is 19.1 Å². The maximum Gasteiger partial charge on any atom is 0.315 e. The van der Waals surface area contributed by atoms with Gasteiger partial charge < -0.3 is 20.6 Å². The van der Waals surface area contributed by atoms with Crippen LogP contribution in [0.3, 0.4) is 0 Å². The monoisotopic (exact) mass is 285 g/mol. The molecule has 2 atom stereocenters. The standard InChI is InChI=1S/C14H27N3O3/c1-14(2,3)7-10(12(18)19)8-15-13(20)16-11-5-6-17(4)9-11/h10-11H,5-9H2,1-4H3,(H,18,19)(H2,15,16,20). The molecule has 0 radical (unpaired) electrons. The van der Waals surface area contributed by atoms with Gasteiger partial charge in [-0.2, -0.15) is 0 Å². The van der Waals surface area contributed by atoms with Gasteiger partial charge in [-0.25, -0.2) is 4.79 Å². The zero-order valence-electron chi connectivity index (χ0n) is 12.9. The third-order valence-electron chi connectivity index (χ3n) is 3.44. The summed E-state index contributed by atoms with van der Waals surface area (Å²) in [6, 6.07) is -0.114. The van der Waals surface area contributed by atoms with E-state index in [9.17, 15) is 14.7 Å². The van der Waals surface area contributed by atoms with Crippen molar-refractivity contribution in [3.05, 3.63) is 0 Å². The molecule has 1 rings (SSSR count). The highest BCUT2D eigenvalue weighted by molar-refractivity contribution is 5.76. The van der Waals surface area contributed by atoms with Gasteiger partial charge in [-0.05, 0) is 31.8 Å². The second kappa shape index (κ2) is 6.92. The predicted molar refractivity (Wildman–Crippen MR) is 77.6 cm³/mol. The minimum atomic E-state index is -0.860. The molecular formula is C14H27N3O3. The average Bonchev–Trinajstić information content (AvgIpc) is 2.68. The molecule has 1 aliphatic heterocycles. The lowest BCUT2D eigenvalue weighted by atomic mass is 9.84. The summed E-state index contributed by atoms with van der Waals surface area (Å²) in [5.41, 5.74) is -0.0740. The Balaban J connectivity index is 2.35. The number of aliphatic carboxylic acids is 1. The molecule has 116 valence electrons. The lowest BCUT2D eigenvalue weighted by Gasteiger charge is -2.23. The van der Waals surface area contributed by atoms with Crippen LogP contribution in [-0.2, 0) is 4.79 Å². The molecule has 0 aromatic rings. The van der Waals surface area contributed by atoms with Crippen LogP contribution in [0.5, 0.6) is 0 Å². The molecule has 6 nitrogen and oxygen atoms in total. The van der Waals surface area contributed by atoms with Gasteiger partial charge in [0.25, 0.3) is 0 Å². The fraction of sp³-hybridized carbons (Fsp3) is 0.857. The molecule has 0 saturated carbocycles. The average molecular weight is 285 g/mol. The molecule has 0 bridgehead atoms. The van der Waals surface area contributed by atoms with Crippen LogP contribution in [0.2, 0.25) is 0 Å². The van der Waals surface area contributed by atoms with Crippen molar-refractivity contribution >= 4 is 12.0 Å². The van der Waals surface area contributed by atoms with Crippen molar-refractivity contribution < 1.29 is 14.7 Å². The topological polar surface area (TPSA) is 81.7 Å². The number of urea groups is 1. The smallest absolute Gasteiger partial charge is 0.315 e. The minimum absolute atomic E-state index is 0.0740. The van der Waals surface area contributed by atoms with Gasteiger partial charge in [-0.3, -0.25) is 4.79 Å². The van der Waals surface area contributed by atoms with Gasteiger partial charge in [0.1, 0.15) is 0 Å². The largest absolute Gasteiger partial charge is 0.481 e. The Kier molecular flexibility index (Phi) is 5.80. The maximum atomic E-state index is 11.8. The Bertz CT molecular complexity index is 352. The minimum Gasteiger partial charge on any atom is -0.481 e. The molecule has 1 fully saturated rings. The molecule has 0 aromatic carbocycles. The first-order valence-corrected chi connectivity index (χ1v) is 7.13. The van der Waals surface area contributed by atoms with E-state index in [2.05, 4.69) is 15.5 Å². The van der Waals surface area contributed by atoms with Crippen molar-refractivity contribution in [2.45, 2.75) is 39.7 Å². The fourth-order valence-corrected chi connectivity index (χ4v) is 2.49. The van der Waals surface area contributed by atoms with Crippen molar-refractivity contribution in [2.75, 3.05) is 26.7 Å². The number of carbonyl (C=O) groups is 2. The number of hydrogen-bond acceptors (Lipinski definition) is 3.